The molecule has 3 heteroatoms. The molecular formula is C13H24N2S. The first-order valence-electron chi connectivity index (χ1n) is 6.24. The quantitative estimate of drug-likeness (QED) is 0.668. The fraction of sp³-hybridized carbons (Fsp3) is 0.692. The molecule has 16 heavy (non-hydrogen) atoms. The molecule has 0 saturated carbocycles. The minimum atomic E-state index is 1.11. The Labute approximate surface area is 104 Å². The molecule has 0 fully saturated rings. The normalized spacial score (nSPS) is 11.2. The van der Waals surface area contributed by atoms with Crippen LogP contribution in [0.15, 0.2) is 17.5 Å². The molecule has 0 spiro atoms. The summed E-state index contributed by atoms with van der Waals surface area (Å²) in [5.41, 5.74) is 0. The van der Waals surface area contributed by atoms with E-state index in [4.69, 9.17) is 0 Å². The molecule has 1 rings (SSSR count). The SMILES string of the molecule is CCN(C)CCNCCCCc1cccs1. The first kappa shape index (κ1) is 13.7. The van der Waals surface area contributed by atoms with Crippen molar-refractivity contribution in [2.45, 2.75) is 26.2 Å². The Morgan fingerprint density at radius 2 is 2.19 bits per heavy atom. The van der Waals surface area contributed by atoms with Crippen molar-refractivity contribution >= 4 is 11.3 Å². The van der Waals surface area contributed by atoms with E-state index < -0.39 is 0 Å². The molecule has 2 nitrogen and oxygen atoms in total. The van der Waals surface area contributed by atoms with E-state index in [0.29, 0.717) is 0 Å². The molecule has 1 aromatic heterocycles. The van der Waals surface area contributed by atoms with Crippen molar-refractivity contribution in [2.24, 2.45) is 0 Å². The van der Waals surface area contributed by atoms with Gasteiger partial charge in [0.15, 0.2) is 0 Å². The van der Waals surface area contributed by atoms with Gasteiger partial charge in [-0.25, -0.2) is 0 Å². The van der Waals surface area contributed by atoms with Crippen LogP contribution in [0.3, 0.4) is 0 Å². The maximum Gasteiger partial charge on any atom is 0.0104 e. The maximum atomic E-state index is 3.49. The van der Waals surface area contributed by atoms with Crippen molar-refractivity contribution in [3.63, 3.8) is 0 Å². The largest absolute Gasteiger partial charge is 0.315 e. The molecule has 0 saturated heterocycles. The standard InChI is InChI=1S/C13H24N2S/c1-3-15(2)11-10-14-9-5-4-7-13-8-6-12-16-13/h6,8,12,14H,3-5,7,9-11H2,1-2H3. The summed E-state index contributed by atoms with van der Waals surface area (Å²) in [5.74, 6) is 0. The zero-order valence-electron chi connectivity index (χ0n) is 10.5. The molecule has 1 aromatic rings. The third-order valence-corrected chi connectivity index (χ3v) is 3.75. The van der Waals surface area contributed by atoms with Gasteiger partial charge in [-0.1, -0.05) is 13.0 Å². The lowest BCUT2D eigenvalue weighted by Crippen LogP contribution is -2.29. The molecule has 1 heterocycles. The molecule has 0 aliphatic carbocycles. The predicted octanol–water partition coefficient (Wildman–Crippen LogP) is 2.61. The Morgan fingerprint density at radius 3 is 2.88 bits per heavy atom. The number of nitrogens with one attached hydrogen (secondary N) is 1. The van der Waals surface area contributed by atoms with Gasteiger partial charge in [-0.05, 0) is 50.8 Å². The van der Waals surface area contributed by atoms with Crippen LogP contribution in [0.5, 0.6) is 0 Å². The van der Waals surface area contributed by atoms with Crippen molar-refractivity contribution in [3.8, 4) is 0 Å². The zero-order chi connectivity index (χ0) is 11.6. The van der Waals surface area contributed by atoms with Crippen LogP contribution in [-0.2, 0) is 6.42 Å². The van der Waals surface area contributed by atoms with Gasteiger partial charge in [0, 0.05) is 18.0 Å². The van der Waals surface area contributed by atoms with E-state index in [0.717, 1.165) is 26.2 Å². The Bertz CT molecular complexity index is 246. The second-order valence-electron chi connectivity index (χ2n) is 4.18. The van der Waals surface area contributed by atoms with Gasteiger partial charge in [-0.15, -0.1) is 11.3 Å². The highest BCUT2D eigenvalue weighted by Gasteiger charge is 1.95. The van der Waals surface area contributed by atoms with Gasteiger partial charge in [0.05, 0.1) is 0 Å². The number of aryl methyl sites for hydroxylation is 1. The van der Waals surface area contributed by atoms with Crippen LogP contribution in [0, 0.1) is 0 Å². The molecule has 0 aromatic carbocycles. The molecule has 0 radical (unpaired) electrons. The molecule has 0 aliphatic heterocycles. The highest BCUT2D eigenvalue weighted by molar-refractivity contribution is 7.09. The average Bonchev–Trinajstić information content (AvgIpc) is 2.80. The monoisotopic (exact) mass is 240 g/mol. The summed E-state index contributed by atoms with van der Waals surface area (Å²) in [6.07, 6.45) is 3.83. The van der Waals surface area contributed by atoms with Crippen LogP contribution in [0.1, 0.15) is 24.6 Å². The molecule has 1 N–H and O–H groups in total. The predicted molar refractivity (Wildman–Crippen MR) is 73.3 cm³/mol. The fourth-order valence-electron chi connectivity index (χ4n) is 1.56. The second kappa shape index (κ2) is 8.74. The van der Waals surface area contributed by atoms with Crippen LogP contribution in [0.2, 0.25) is 0 Å². The number of unbranched alkanes of at least 4 members (excludes halogenated alkanes) is 1. The lowest BCUT2D eigenvalue weighted by Gasteiger charge is -2.13. The molecule has 0 unspecified atom stereocenters. The Kier molecular flexibility index (Phi) is 7.47. The van der Waals surface area contributed by atoms with E-state index in [1.807, 2.05) is 11.3 Å². The number of hydrogen-bond acceptors (Lipinski definition) is 3. The summed E-state index contributed by atoms with van der Waals surface area (Å²) in [7, 11) is 2.17. The number of thiophene rings is 1. The van der Waals surface area contributed by atoms with Crippen molar-refractivity contribution < 1.29 is 0 Å². The average molecular weight is 240 g/mol. The van der Waals surface area contributed by atoms with Crippen molar-refractivity contribution in [1.82, 2.24) is 10.2 Å². The fourth-order valence-corrected chi connectivity index (χ4v) is 2.31. The Hall–Kier alpha value is -0.380. The van der Waals surface area contributed by atoms with Gasteiger partial charge < -0.3 is 10.2 Å². The summed E-state index contributed by atoms with van der Waals surface area (Å²) in [4.78, 5) is 3.85. The highest BCUT2D eigenvalue weighted by atomic mass is 32.1. The van der Waals surface area contributed by atoms with Crippen LogP contribution in [-0.4, -0.2) is 38.1 Å². The number of nitrogens with zero attached hydrogens (tertiary/aromatic N) is 1. The van der Waals surface area contributed by atoms with Gasteiger partial charge in [-0.3, -0.25) is 0 Å². The summed E-state index contributed by atoms with van der Waals surface area (Å²) in [5, 5.41) is 5.65. The minimum absolute atomic E-state index is 1.11. The molecule has 0 atom stereocenters. The summed E-state index contributed by atoms with van der Waals surface area (Å²) >= 11 is 1.87. The van der Waals surface area contributed by atoms with Crippen LogP contribution >= 0.6 is 11.3 Å². The number of rotatable bonds is 9. The number of likely N-dealkylation sites (N-methyl/N-ethyl adjacent to an activating group) is 1. The number of hydrogen-bond donors (Lipinski definition) is 1. The molecule has 0 amide bonds. The van der Waals surface area contributed by atoms with Gasteiger partial charge in [0.25, 0.3) is 0 Å². The topological polar surface area (TPSA) is 15.3 Å². The van der Waals surface area contributed by atoms with Crippen LogP contribution in [0.4, 0.5) is 0 Å². The Morgan fingerprint density at radius 1 is 1.31 bits per heavy atom. The Balaban J connectivity index is 1.85. The lowest BCUT2D eigenvalue weighted by atomic mass is 10.2. The smallest absolute Gasteiger partial charge is 0.0104 e. The summed E-state index contributed by atoms with van der Waals surface area (Å²) < 4.78 is 0. The van der Waals surface area contributed by atoms with E-state index in [1.165, 1.54) is 24.1 Å². The van der Waals surface area contributed by atoms with E-state index in [2.05, 4.69) is 41.7 Å². The van der Waals surface area contributed by atoms with E-state index in [9.17, 15) is 0 Å². The van der Waals surface area contributed by atoms with Gasteiger partial charge in [0.2, 0.25) is 0 Å². The second-order valence-corrected chi connectivity index (χ2v) is 5.21. The molecular weight excluding hydrogens is 216 g/mol. The van der Waals surface area contributed by atoms with Crippen LogP contribution in [0.25, 0.3) is 0 Å². The van der Waals surface area contributed by atoms with Crippen molar-refractivity contribution in [3.05, 3.63) is 22.4 Å². The van der Waals surface area contributed by atoms with Crippen LogP contribution < -0.4 is 5.32 Å². The minimum Gasteiger partial charge on any atom is -0.315 e. The van der Waals surface area contributed by atoms with Gasteiger partial charge in [-0.2, -0.15) is 0 Å². The molecule has 92 valence electrons. The lowest BCUT2D eigenvalue weighted by molar-refractivity contribution is 0.348. The maximum absolute atomic E-state index is 3.49. The third-order valence-electron chi connectivity index (χ3n) is 2.82. The molecule has 0 aliphatic rings. The first-order chi connectivity index (χ1) is 7.83. The summed E-state index contributed by atoms with van der Waals surface area (Å²) in [6, 6.07) is 4.37. The van der Waals surface area contributed by atoms with E-state index in [-0.39, 0.29) is 0 Å². The van der Waals surface area contributed by atoms with E-state index in [1.54, 1.807) is 0 Å². The zero-order valence-corrected chi connectivity index (χ0v) is 11.4. The van der Waals surface area contributed by atoms with E-state index >= 15 is 0 Å². The van der Waals surface area contributed by atoms with Gasteiger partial charge in [0.1, 0.15) is 0 Å². The highest BCUT2D eigenvalue weighted by Crippen LogP contribution is 2.11. The van der Waals surface area contributed by atoms with Crippen molar-refractivity contribution in [2.75, 3.05) is 33.2 Å². The molecule has 0 bridgehead atoms. The van der Waals surface area contributed by atoms with Gasteiger partial charge >= 0.3 is 0 Å². The first-order valence-corrected chi connectivity index (χ1v) is 7.12. The third kappa shape index (κ3) is 6.26. The summed E-state index contributed by atoms with van der Waals surface area (Å²) in [6.45, 7) is 6.76. The van der Waals surface area contributed by atoms with Crippen molar-refractivity contribution in [1.29, 1.82) is 0 Å².